The van der Waals surface area contributed by atoms with Gasteiger partial charge in [-0.1, -0.05) is 23.4 Å². The quantitative estimate of drug-likeness (QED) is 0.751. The topological polar surface area (TPSA) is 63.8 Å². The molecule has 0 bridgehead atoms. The molecule has 122 valence electrons. The smallest absolute Gasteiger partial charge is 0.226 e. The molecule has 2 aromatic heterocycles. The van der Waals surface area contributed by atoms with Gasteiger partial charge >= 0.3 is 0 Å². The third kappa shape index (κ3) is 4.27. The molecule has 0 saturated carbocycles. The Bertz CT molecular complexity index is 754. The summed E-state index contributed by atoms with van der Waals surface area (Å²) in [5, 5.41) is 8.40. The fourth-order valence-electron chi connectivity index (χ4n) is 2.47. The molecule has 0 aliphatic heterocycles. The van der Waals surface area contributed by atoms with Gasteiger partial charge < -0.3 is 9.84 Å². The van der Waals surface area contributed by atoms with E-state index in [2.05, 4.69) is 39.5 Å². The number of aromatic nitrogens is 3. The van der Waals surface area contributed by atoms with Gasteiger partial charge in [-0.25, -0.2) is 0 Å². The Morgan fingerprint density at radius 2 is 2.00 bits per heavy atom. The number of likely N-dealkylation sites (N-methyl/N-ethyl adjacent to an activating group) is 1. The molecule has 1 N–H and O–H groups in total. The third-order valence-electron chi connectivity index (χ3n) is 3.84. The van der Waals surface area contributed by atoms with E-state index in [9.17, 15) is 0 Å². The molecule has 0 fully saturated rings. The monoisotopic (exact) mass is 332 g/mol. The maximum Gasteiger partial charge on any atom is 0.226 e. The number of hydrogen-bond acceptors (Lipinski definition) is 5. The molecule has 0 amide bonds. The molecule has 1 aromatic carbocycles. The average Bonchev–Trinajstić information content (AvgIpc) is 3.00. The molecule has 6 heteroatoms. The molecule has 1 unspecified atom stereocenters. The number of benzene rings is 1. The van der Waals surface area contributed by atoms with E-state index < -0.39 is 0 Å². The van der Waals surface area contributed by atoms with Crippen LogP contribution in [0.2, 0.25) is 0 Å². The Hall–Kier alpha value is -1.98. The zero-order valence-electron chi connectivity index (χ0n) is 13.3. The highest BCUT2D eigenvalue weighted by molar-refractivity contribution is 5.85. The molecule has 0 radical (unpaired) electrons. The molecule has 0 aliphatic carbocycles. The maximum atomic E-state index is 5.34. The van der Waals surface area contributed by atoms with Crippen LogP contribution in [-0.4, -0.2) is 28.2 Å². The van der Waals surface area contributed by atoms with Crippen molar-refractivity contribution in [2.24, 2.45) is 0 Å². The number of halogens is 1. The zero-order valence-corrected chi connectivity index (χ0v) is 14.1. The molecular weight excluding hydrogens is 312 g/mol. The summed E-state index contributed by atoms with van der Waals surface area (Å²) in [5.41, 5.74) is 2.28. The summed E-state index contributed by atoms with van der Waals surface area (Å²) in [6.07, 6.45) is 4.24. The minimum absolute atomic E-state index is 0. The van der Waals surface area contributed by atoms with E-state index in [1.807, 2.05) is 31.4 Å². The van der Waals surface area contributed by atoms with E-state index in [-0.39, 0.29) is 12.4 Å². The number of fused-ring (bicyclic) bond motifs is 1. The van der Waals surface area contributed by atoms with Crippen LogP contribution >= 0.6 is 12.4 Å². The van der Waals surface area contributed by atoms with Crippen molar-refractivity contribution in [3.63, 3.8) is 0 Å². The van der Waals surface area contributed by atoms with Crippen LogP contribution in [0, 0.1) is 0 Å². The number of aryl methyl sites for hydroxylation is 2. The molecule has 2 heterocycles. The van der Waals surface area contributed by atoms with Crippen molar-refractivity contribution in [2.45, 2.75) is 32.2 Å². The molecule has 5 nitrogen and oxygen atoms in total. The Labute approximate surface area is 141 Å². The number of pyridine rings is 1. The highest BCUT2D eigenvalue weighted by Crippen LogP contribution is 2.17. The minimum Gasteiger partial charge on any atom is -0.339 e. The van der Waals surface area contributed by atoms with Crippen molar-refractivity contribution >= 4 is 23.3 Å². The Morgan fingerprint density at radius 1 is 1.17 bits per heavy atom. The fourth-order valence-corrected chi connectivity index (χ4v) is 2.47. The first-order chi connectivity index (χ1) is 10.8. The maximum absolute atomic E-state index is 5.34. The van der Waals surface area contributed by atoms with Crippen LogP contribution in [0.15, 0.2) is 41.1 Å². The first-order valence-corrected chi connectivity index (χ1v) is 7.57. The number of hydrogen-bond donors (Lipinski definition) is 1. The van der Waals surface area contributed by atoms with Gasteiger partial charge in [0.15, 0.2) is 5.82 Å². The molecular formula is C17H21ClN4O. The van der Waals surface area contributed by atoms with E-state index in [1.54, 1.807) is 0 Å². The second-order valence-corrected chi connectivity index (χ2v) is 5.49. The van der Waals surface area contributed by atoms with Crippen molar-refractivity contribution in [3.8, 4) is 0 Å². The van der Waals surface area contributed by atoms with Crippen LogP contribution in [0.4, 0.5) is 0 Å². The Morgan fingerprint density at radius 3 is 2.83 bits per heavy atom. The third-order valence-corrected chi connectivity index (χ3v) is 3.84. The Kier molecular flexibility index (Phi) is 6.07. The zero-order chi connectivity index (χ0) is 15.4. The molecule has 0 saturated heterocycles. The van der Waals surface area contributed by atoms with Crippen LogP contribution in [0.1, 0.15) is 24.2 Å². The summed E-state index contributed by atoms with van der Waals surface area (Å²) in [6.45, 7) is 2.10. The SMILES string of the molecule is CNC(C)Cc1noc(CCc2ccnc3ccccc23)n1.Cl. The molecule has 0 aliphatic rings. The number of nitrogens with one attached hydrogen (secondary N) is 1. The number of nitrogens with zero attached hydrogens (tertiary/aromatic N) is 3. The normalized spacial score (nSPS) is 12.1. The number of rotatable bonds is 6. The van der Waals surface area contributed by atoms with Crippen molar-refractivity contribution in [3.05, 3.63) is 53.8 Å². The second-order valence-electron chi connectivity index (χ2n) is 5.49. The summed E-state index contributed by atoms with van der Waals surface area (Å²) in [7, 11) is 1.93. The molecule has 1 atom stereocenters. The van der Waals surface area contributed by atoms with Gasteiger partial charge in [0.1, 0.15) is 0 Å². The number of para-hydroxylation sites is 1. The van der Waals surface area contributed by atoms with Crippen LogP contribution in [0.5, 0.6) is 0 Å². The van der Waals surface area contributed by atoms with Crippen LogP contribution in [0.3, 0.4) is 0 Å². The first kappa shape index (κ1) is 17.4. The van der Waals surface area contributed by atoms with Crippen molar-refractivity contribution in [2.75, 3.05) is 7.05 Å². The van der Waals surface area contributed by atoms with Crippen molar-refractivity contribution < 1.29 is 4.52 Å². The van der Waals surface area contributed by atoms with Gasteiger partial charge in [-0.15, -0.1) is 12.4 Å². The first-order valence-electron chi connectivity index (χ1n) is 7.57. The fraction of sp³-hybridized carbons (Fsp3) is 0.353. The van der Waals surface area contributed by atoms with E-state index in [0.29, 0.717) is 11.9 Å². The predicted octanol–water partition coefficient (Wildman–Crippen LogP) is 2.98. The van der Waals surface area contributed by atoms with Gasteiger partial charge in [0, 0.05) is 30.5 Å². The van der Waals surface area contributed by atoms with Crippen molar-refractivity contribution in [1.29, 1.82) is 0 Å². The van der Waals surface area contributed by atoms with Crippen LogP contribution in [-0.2, 0) is 19.3 Å². The molecule has 3 aromatic rings. The molecule has 0 spiro atoms. The summed E-state index contributed by atoms with van der Waals surface area (Å²) >= 11 is 0. The lowest BCUT2D eigenvalue weighted by Crippen LogP contribution is -2.24. The summed E-state index contributed by atoms with van der Waals surface area (Å²) in [6, 6.07) is 10.6. The lowest BCUT2D eigenvalue weighted by molar-refractivity contribution is 0.371. The lowest BCUT2D eigenvalue weighted by Gasteiger charge is -2.05. The van der Waals surface area contributed by atoms with Gasteiger partial charge in [-0.3, -0.25) is 4.98 Å². The standard InChI is InChI=1S/C17H20N4O.ClH/c1-12(18-2)11-16-20-17(22-21-16)8-7-13-9-10-19-15-6-4-3-5-14(13)15;/h3-6,9-10,12,18H,7-8,11H2,1-2H3;1H. The van der Waals surface area contributed by atoms with Gasteiger partial charge in [0.2, 0.25) is 5.89 Å². The predicted molar refractivity (Wildman–Crippen MR) is 92.9 cm³/mol. The van der Waals surface area contributed by atoms with Gasteiger partial charge in [0.05, 0.1) is 5.52 Å². The highest BCUT2D eigenvalue weighted by Gasteiger charge is 2.10. The lowest BCUT2D eigenvalue weighted by atomic mass is 10.0. The summed E-state index contributed by atoms with van der Waals surface area (Å²) in [4.78, 5) is 8.84. The van der Waals surface area contributed by atoms with Crippen molar-refractivity contribution in [1.82, 2.24) is 20.4 Å². The molecule has 23 heavy (non-hydrogen) atoms. The van der Waals surface area contributed by atoms with Crippen LogP contribution < -0.4 is 5.32 Å². The van der Waals surface area contributed by atoms with E-state index in [1.165, 1.54) is 10.9 Å². The van der Waals surface area contributed by atoms with Crippen LogP contribution in [0.25, 0.3) is 10.9 Å². The highest BCUT2D eigenvalue weighted by atomic mass is 35.5. The van der Waals surface area contributed by atoms with Gasteiger partial charge in [-0.05, 0) is 38.1 Å². The average molecular weight is 333 g/mol. The van der Waals surface area contributed by atoms with E-state index in [0.717, 1.165) is 30.6 Å². The minimum atomic E-state index is 0. The largest absolute Gasteiger partial charge is 0.339 e. The second kappa shape index (κ2) is 8.04. The summed E-state index contributed by atoms with van der Waals surface area (Å²) < 4.78 is 5.34. The molecule has 3 rings (SSSR count). The summed E-state index contributed by atoms with van der Waals surface area (Å²) in [5.74, 6) is 1.45. The van der Waals surface area contributed by atoms with E-state index >= 15 is 0 Å². The van der Waals surface area contributed by atoms with Gasteiger partial charge in [-0.2, -0.15) is 4.98 Å². The van der Waals surface area contributed by atoms with E-state index in [4.69, 9.17) is 4.52 Å². The Balaban J connectivity index is 0.00000192. The van der Waals surface area contributed by atoms with Gasteiger partial charge in [0.25, 0.3) is 0 Å².